The van der Waals surface area contributed by atoms with Crippen molar-refractivity contribution in [2.24, 2.45) is 40.4 Å². The Balaban J connectivity index is 1.61. The third kappa shape index (κ3) is 2.89. The lowest BCUT2D eigenvalue weighted by Crippen LogP contribution is -2.56. The van der Waals surface area contributed by atoms with E-state index in [9.17, 15) is 15.0 Å². The van der Waals surface area contributed by atoms with Gasteiger partial charge in [0.2, 0.25) is 0 Å². The molecule has 2 N–H and O–H groups in total. The summed E-state index contributed by atoms with van der Waals surface area (Å²) in [5, 5.41) is 21.0. The third-order valence-electron chi connectivity index (χ3n) is 9.54. The fraction of sp³-hybridized carbons (Fsp3) is 0.875. The first-order valence-corrected chi connectivity index (χ1v) is 11.4. The van der Waals surface area contributed by atoms with Crippen molar-refractivity contribution in [3.8, 4) is 0 Å². The molecule has 9 atom stereocenters. The summed E-state index contributed by atoms with van der Waals surface area (Å²) in [6, 6.07) is 0. The summed E-state index contributed by atoms with van der Waals surface area (Å²) < 4.78 is 5.47. The van der Waals surface area contributed by atoms with Crippen molar-refractivity contribution in [1.82, 2.24) is 0 Å². The standard InChI is InChI=1S/C24H38O4/c1-14(13-25)19-7-8-20-18-6-5-16-11-17(28-15(2)26)12-22(27)24(16,4)21(18)9-10-23(19,20)3/h5,14,17-22,25,27H,6-13H2,1-4H3/t14-,17?,18+,19-,20+,21+,22?,23-,24+/m1/s1. The van der Waals surface area contributed by atoms with Crippen LogP contribution in [0, 0.1) is 40.4 Å². The van der Waals surface area contributed by atoms with Crippen molar-refractivity contribution >= 4 is 5.97 Å². The van der Waals surface area contributed by atoms with Crippen LogP contribution in [0.4, 0.5) is 0 Å². The zero-order valence-corrected chi connectivity index (χ0v) is 18.0. The van der Waals surface area contributed by atoms with Gasteiger partial charge < -0.3 is 14.9 Å². The van der Waals surface area contributed by atoms with Gasteiger partial charge in [0.25, 0.3) is 0 Å². The molecule has 0 aliphatic heterocycles. The first kappa shape index (κ1) is 20.4. The molecule has 0 saturated heterocycles. The number of allylic oxidation sites excluding steroid dienone is 1. The van der Waals surface area contributed by atoms with E-state index < -0.39 is 6.10 Å². The predicted molar refractivity (Wildman–Crippen MR) is 108 cm³/mol. The number of ether oxygens (including phenoxy) is 1. The number of esters is 1. The molecule has 2 unspecified atom stereocenters. The molecule has 158 valence electrons. The van der Waals surface area contributed by atoms with E-state index in [4.69, 9.17) is 4.74 Å². The predicted octanol–water partition coefficient (Wildman–Crippen LogP) is 4.10. The molecule has 0 aromatic rings. The molecule has 0 aromatic heterocycles. The van der Waals surface area contributed by atoms with Crippen molar-refractivity contribution in [2.75, 3.05) is 6.61 Å². The zero-order valence-electron chi connectivity index (χ0n) is 18.0. The van der Waals surface area contributed by atoms with Gasteiger partial charge >= 0.3 is 5.97 Å². The minimum Gasteiger partial charge on any atom is -0.462 e. The van der Waals surface area contributed by atoms with Crippen LogP contribution < -0.4 is 0 Å². The van der Waals surface area contributed by atoms with E-state index in [0.29, 0.717) is 48.0 Å². The third-order valence-corrected chi connectivity index (χ3v) is 9.54. The molecule has 0 radical (unpaired) electrons. The highest BCUT2D eigenvalue weighted by Crippen LogP contribution is 2.67. The number of hydrogen-bond acceptors (Lipinski definition) is 4. The van der Waals surface area contributed by atoms with Gasteiger partial charge in [-0.15, -0.1) is 0 Å². The Morgan fingerprint density at radius 1 is 1.29 bits per heavy atom. The van der Waals surface area contributed by atoms with Gasteiger partial charge in [-0.1, -0.05) is 32.4 Å². The van der Waals surface area contributed by atoms with Crippen molar-refractivity contribution in [3.05, 3.63) is 11.6 Å². The summed E-state index contributed by atoms with van der Waals surface area (Å²) in [5.41, 5.74) is 1.47. The fourth-order valence-electron chi connectivity index (χ4n) is 8.11. The van der Waals surface area contributed by atoms with Gasteiger partial charge in [0.15, 0.2) is 0 Å². The molecule has 4 nitrogen and oxygen atoms in total. The topological polar surface area (TPSA) is 66.8 Å². The smallest absolute Gasteiger partial charge is 0.302 e. The quantitative estimate of drug-likeness (QED) is 0.562. The second-order valence-electron chi connectivity index (χ2n) is 10.7. The molecule has 0 aromatic carbocycles. The molecule has 4 aliphatic carbocycles. The van der Waals surface area contributed by atoms with E-state index in [1.54, 1.807) is 0 Å². The van der Waals surface area contributed by atoms with Crippen LogP contribution in [0.2, 0.25) is 0 Å². The summed E-state index contributed by atoms with van der Waals surface area (Å²) in [6.45, 7) is 8.71. The Hall–Kier alpha value is -0.870. The van der Waals surface area contributed by atoms with Crippen LogP contribution in [0.3, 0.4) is 0 Å². The molecule has 3 saturated carbocycles. The van der Waals surface area contributed by atoms with E-state index in [1.165, 1.54) is 31.8 Å². The molecule has 0 amide bonds. The lowest BCUT2D eigenvalue weighted by atomic mass is 9.46. The highest BCUT2D eigenvalue weighted by atomic mass is 16.5. The SMILES string of the molecule is CC(=O)OC1CC2=CC[C@H]3[C@@H]4CC[C@H]([C@H](C)CO)[C@@]4(C)CC[C@@H]3[C@@]2(C)C(O)C1. The molecule has 28 heavy (non-hydrogen) atoms. The van der Waals surface area contributed by atoms with Crippen LogP contribution in [-0.4, -0.2) is 35.0 Å². The van der Waals surface area contributed by atoms with Crippen molar-refractivity contribution in [1.29, 1.82) is 0 Å². The van der Waals surface area contributed by atoms with E-state index in [0.717, 1.165) is 19.3 Å². The van der Waals surface area contributed by atoms with Crippen LogP contribution in [0.25, 0.3) is 0 Å². The van der Waals surface area contributed by atoms with Gasteiger partial charge in [-0.3, -0.25) is 4.79 Å². The van der Waals surface area contributed by atoms with Crippen molar-refractivity contribution in [2.45, 2.75) is 84.8 Å². The highest BCUT2D eigenvalue weighted by molar-refractivity contribution is 5.66. The number of carbonyl (C=O) groups is 1. The Morgan fingerprint density at radius 3 is 2.71 bits per heavy atom. The average molecular weight is 391 g/mol. The maximum Gasteiger partial charge on any atom is 0.302 e. The summed E-state index contributed by atoms with van der Waals surface area (Å²) in [6.07, 6.45) is 9.05. The Morgan fingerprint density at radius 2 is 2.04 bits per heavy atom. The lowest BCUT2D eigenvalue weighted by Gasteiger charge is -2.59. The Bertz CT molecular complexity index is 657. The second-order valence-corrected chi connectivity index (χ2v) is 10.7. The van der Waals surface area contributed by atoms with Crippen LogP contribution >= 0.6 is 0 Å². The summed E-state index contributed by atoms with van der Waals surface area (Å²) in [7, 11) is 0. The van der Waals surface area contributed by atoms with Gasteiger partial charge in [0.1, 0.15) is 6.10 Å². The second kappa shape index (κ2) is 7.12. The van der Waals surface area contributed by atoms with E-state index >= 15 is 0 Å². The van der Waals surface area contributed by atoms with Gasteiger partial charge in [-0.2, -0.15) is 0 Å². The number of aliphatic hydroxyl groups excluding tert-OH is 2. The molecule has 4 aliphatic rings. The number of aliphatic hydroxyl groups is 2. The number of fused-ring (bicyclic) bond motifs is 5. The molecule has 0 heterocycles. The maximum absolute atomic E-state index is 11.4. The molecule has 4 rings (SSSR count). The molecule has 4 heteroatoms. The minimum absolute atomic E-state index is 0.179. The normalized spacial score (nSPS) is 48.7. The molecule has 0 bridgehead atoms. The van der Waals surface area contributed by atoms with E-state index in [2.05, 4.69) is 26.8 Å². The molecular weight excluding hydrogens is 352 g/mol. The Labute approximate surface area is 169 Å². The van der Waals surface area contributed by atoms with Crippen molar-refractivity contribution in [3.63, 3.8) is 0 Å². The summed E-state index contributed by atoms with van der Waals surface area (Å²) >= 11 is 0. The van der Waals surface area contributed by atoms with E-state index in [-0.39, 0.29) is 17.5 Å². The fourth-order valence-corrected chi connectivity index (χ4v) is 8.11. The first-order valence-electron chi connectivity index (χ1n) is 11.4. The molecule has 3 fully saturated rings. The van der Waals surface area contributed by atoms with Gasteiger partial charge in [0, 0.05) is 31.8 Å². The van der Waals surface area contributed by atoms with Gasteiger partial charge in [-0.05, 0) is 67.1 Å². The van der Waals surface area contributed by atoms with Crippen molar-refractivity contribution < 1.29 is 19.7 Å². The van der Waals surface area contributed by atoms with Crippen LogP contribution in [0.5, 0.6) is 0 Å². The first-order chi connectivity index (χ1) is 13.2. The maximum atomic E-state index is 11.4. The number of hydrogen-bond donors (Lipinski definition) is 2. The monoisotopic (exact) mass is 390 g/mol. The van der Waals surface area contributed by atoms with E-state index in [1.807, 2.05) is 0 Å². The average Bonchev–Trinajstić information content (AvgIpc) is 2.99. The van der Waals surface area contributed by atoms with Crippen LogP contribution in [0.1, 0.15) is 72.6 Å². The molecular formula is C24H38O4. The van der Waals surface area contributed by atoms with Crippen LogP contribution in [-0.2, 0) is 9.53 Å². The highest BCUT2D eigenvalue weighted by Gasteiger charge is 2.61. The molecule has 0 spiro atoms. The number of carbonyl (C=O) groups excluding carboxylic acids is 1. The minimum atomic E-state index is -0.442. The van der Waals surface area contributed by atoms with Gasteiger partial charge in [0.05, 0.1) is 6.10 Å². The summed E-state index contributed by atoms with van der Waals surface area (Å²) in [4.78, 5) is 11.4. The van der Waals surface area contributed by atoms with Gasteiger partial charge in [-0.25, -0.2) is 0 Å². The van der Waals surface area contributed by atoms with Crippen LogP contribution in [0.15, 0.2) is 11.6 Å². The largest absolute Gasteiger partial charge is 0.462 e. The number of rotatable bonds is 3. The lowest BCUT2D eigenvalue weighted by molar-refractivity contribution is -0.154. The summed E-state index contributed by atoms with van der Waals surface area (Å²) in [5.74, 6) is 2.58. The zero-order chi connectivity index (χ0) is 20.3. The Kier molecular flexibility index (Phi) is 5.19.